The monoisotopic (exact) mass is 294 g/mol. The molecule has 1 saturated heterocycles. The van der Waals surface area contributed by atoms with Crippen LogP contribution in [0.3, 0.4) is 0 Å². The molecule has 1 saturated carbocycles. The first kappa shape index (κ1) is 14.9. The van der Waals surface area contributed by atoms with Crippen LogP contribution in [0.2, 0.25) is 0 Å². The SMILES string of the molecule is CCN1CCOC(c2noc(C3(N)CCCCCC3)n2)C1. The number of ether oxygens (including phenoxy) is 1. The number of likely N-dealkylation sites (N-methyl/N-ethyl adjacent to an activating group) is 1. The third-order valence-corrected chi connectivity index (χ3v) is 4.75. The van der Waals surface area contributed by atoms with Gasteiger partial charge in [0.1, 0.15) is 6.10 Å². The quantitative estimate of drug-likeness (QED) is 0.859. The van der Waals surface area contributed by atoms with Crippen LogP contribution in [0.15, 0.2) is 4.52 Å². The van der Waals surface area contributed by atoms with Crippen molar-refractivity contribution in [2.45, 2.75) is 57.1 Å². The van der Waals surface area contributed by atoms with Crippen molar-refractivity contribution in [3.8, 4) is 0 Å². The number of rotatable bonds is 3. The van der Waals surface area contributed by atoms with E-state index in [4.69, 9.17) is 15.0 Å². The predicted octanol–water partition coefficient (Wildman–Crippen LogP) is 1.97. The van der Waals surface area contributed by atoms with Crippen molar-refractivity contribution in [1.29, 1.82) is 0 Å². The summed E-state index contributed by atoms with van der Waals surface area (Å²) in [5.74, 6) is 1.24. The molecular formula is C15H26N4O2. The zero-order valence-corrected chi connectivity index (χ0v) is 12.9. The minimum absolute atomic E-state index is 0.0921. The Kier molecular flexibility index (Phi) is 4.57. The summed E-state index contributed by atoms with van der Waals surface area (Å²) in [6.45, 7) is 5.69. The van der Waals surface area contributed by atoms with Crippen LogP contribution in [0.25, 0.3) is 0 Å². The summed E-state index contributed by atoms with van der Waals surface area (Å²) in [7, 11) is 0. The van der Waals surface area contributed by atoms with Gasteiger partial charge in [-0.1, -0.05) is 37.8 Å². The number of aromatic nitrogens is 2. The van der Waals surface area contributed by atoms with E-state index >= 15 is 0 Å². The minimum atomic E-state index is -0.444. The predicted molar refractivity (Wildman–Crippen MR) is 78.7 cm³/mol. The summed E-state index contributed by atoms with van der Waals surface area (Å²) >= 11 is 0. The van der Waals surface area contributed by atoms with Gasteiger partial charge in [-0.3, -0.25) is 4.90 Å². The summed E-state index contributed by atoms with van der Waals surface area (Å²) in [5.41, 5.74) is 6.09. The highest BCUT2D eigenvalue weighted by molar-refractivity contribution is 5.05. The van der Waals surface area contributed by atoms with Crippen molar-refractivity contribution < 1.29 is 9.26 Å². The molecule has 2 fully saturated rings. The average molecular weight is 294 g/mol. The second-order valence-corrected chi connectivity index (χ2v) is 6.28. The molecule has 0 bridgehead atoms. The lowest BCUT2D eigenvalue weighted by Gasteiger charge is -2.30. The number of morpholine rings is 1. The Balaban J connectivity index is 1.73. The maximum Gasteiger partial charge on any atom is 0.246 e. The maximum absolute atomic E-state index is 6.53. The molecule has 0 radical (unpaired) electrons. The van der Waals surface area contributed by atoms with Crippen LogP contribution in [-0.2, 0) is 10.3 Å². The van der Waals surface area contributed by atoms with E-state index < -0.39 is 5.54 Å². The van der Waals surface area contributed by atoms with Crippen LogP contribution in [0.4, 0.5) is 0 Å². The molecule has 6 nitrogen and oxygen atoms in total. The van der Waals surface area contributed by atoms with Crippen molar-refractivity contribution in [2.24, 2.45) is 5.73 Å². The Bertz CT molecular complexity index is 454. The normalized spacial score (nSPS) is 27.4. The maximum atomic E-state index is 6.53. The summed E-state index contributed by atoms with van der Waals surface area (Å²) in [5, 5.41) is 4.14. The molecule has 2 heterocycles. The smallest absolute Gasteiger partial charge is 0.246 e. The Hall–Kier alpha value is -0.980. The van der Waals surface area contributed by atoms with E-state index in [-0.39, 0.29) is 6.10 Å². The molecule has 1 aromatic heterocycles. The van der Waals surface area contributed by atoms with Gasteiger partial charge in [0.2, 0.25) is 11.7 Å². The summed E-state index contributed by atoms with van der Waals surface area (Å²) in [4.78, 5) is 6.93. The van der Waals surface area contributed by atoms with Crippen LogP contribution in [0, 0.1) is 0 Å². The van der Waals surface area contributed by atoms with Gasteiger partial charge in [0.15, 0.2) is 0 Å². The van der Waals surface area contributed by atoms with Crippen LogP contribution < -0.4 is 5.73 Å². The number of hydrogen-bond donors (Lipinski definition) is 1. The molecule has 1 aliphatic heterocycles. The van der Waals surface area contributed by atoms with Crippen molar-refractivity contribution in [1.82, 2.24) is 15.0 Å². The standard InChI is InChI=1S/C15H26N4O2/c1-2-19-9-10-20-12(11-19)13-17-14(21-18-13)15(16)7-5-3-4-6-8-15/h12H,2-11,16H2,1H3. The van der Waals surface area contributed by atoms with E-state index in [9.17, 15) is 0 Å². The largest absolute Gasteiger partial charge is 0.367 e. The highest BCUT2D eigenvalue weighted by Gasteiger charge is 2.35. The second kappa shape index (κ2) is 6.42. The molecule has 2 aliphatic rings. The molecule has 1 aliphatic carbocycles. The molecule has 118 valence electrons. The summed E-state index contributed by atoms with van der Waals surface area (Å²) in [6, 6.07) is 0. The van der Waals surface area contributed by atoms with E-state index in [1.807, 2.05) is 0 Å². The number of nitrogens with two attached hydrogens (primary N) is 1. The van der Waals surface area contributed by atoms with E-state index in [0.717, 1.165) is 51.9 Å². The van der Waals surface area contributed by atoms with Gasteiger partial charge in [0.25, 0.3) is 0 Å². The number of nitrogens with zero attached hydrogens (tertiary/aromatic N) is 3. The Morgan fingerprint density at radius 1 is 1.29 bits per heavy atom. The molecule has 21 heavy (non-hydrogen) atoms. The highest BCUT2D eigenvalue weighted by Crippen LogP contribution is 2.33. The lowest BCUT2D eigenvalue weighted by molar-refractivity contribution is -0.0334. The average Bonchev–Trinajstić information content (AvgIpc) is 2.92. The van der Waals surface area contributed by atoms with Crippen LogP contribution in [-0.4, -0.2) is 41.3 Å². The molecule has 6 heteroatoms. The fourth-order valence-electron chi connectivity index (χ4n) is 3.29. The highest BCUT2D eigenvalue weighted by atomic mass is 16.5. The van der Waals surface area contributed by atoms with Crippen molar-refractivity contribution in [2.75, 3.05) is 26.2 Å². The fraction of sp³-hybridized carbons (Fsp3) is 0.867. The third-order valence-electron chi connectivity index (χ3n) is 4.75. The molecule has 1 aromatic rings. The molecule has 0 spiro atoms. The summed E-state index contributed by atoms with van der Waals surface area (Å²) < 4.78 is 11.3. The van der Waals surface area contributed by atoms with E-state index in [1.165, 1.54) is 12.8 Å². The van der Waals surface area contributed by atoms with Crippen LogP contribution >= 0.6 is 0 Å². The van der Waals surface area contributed by atoms with Gasteiger partial charge in [-0.05, 0) is 19.4 Å². The zero-order valence-electron chi connectivity index (χ0n) is 12.9. The van der Waals surface area contributed by atoms with E-state index in [0.29, 0.717) is 11.7 Å². The van der Waals surface area contributed by atoms with Gasteiger partial charge in [0.05, 0.1) is 12.1 Å². The Labute approximate surface area is 126 Å². The van der Waals surface area contributed by atoms with E-state index in [1.54, 1.807) is 0 Å². The first-order valence-electron chi connectivity index (χ1n) is 8.18. The van der Waals surface area contributed by atoms with Gasteiger partial charge in [0, 0.05) is 13.1 Å². The molecular weight excluding hydrogens is 268 g/mol. The Morgan fingerprint density at radius 3 is 2.76 bits per heavy atom. The zero-order chi connectivity index (χ0) is 14.7. The molecule has 1 atom stereocenters. The van der Waals surface area contributed by atoms with Crippen LogP contribution in [0.5, 0.6) is 0 Å². The minimum Gasteiger partial charge on any atom is -0.367 e. The van der Waals surface area contributed by atoms with Gasteiger partial charge in [-0.15, -0.1) is 0 Å². The van der Waals surface area contributed by atoms with Crippen molar-refractivity contribution >= 4 is 0 Å². The molecule has 2 N–H and O–H groups in total. The fourth-order valence-corrected chi connectivity index (χ4v) is 3.29. The first-order valence-corrected chi connectivity index (χ1v) is 8.18. The molecule has 3 rings (SSSR count). The molecule has 0 aromatic carbocycles. The number of hydrogen-bond acceptors (Lipinski definition) is 6. The van der Waals surface area contributed by atoms with Crippen molar-refractivity contribution in [3.63, 3.8) is 0 Å². The Morgan fingerprint density at radius 2 is 2.05 bits per heavy atom. The van der Waals surface area contributed by atoms with Gasteiger partial charge in [-0.25, -0.2) is 0 Å². The molecule has 0 amide bonds. The first-order chi connectivity index (χ1) is 10.2. The van der Waals surface area contributed by atoms with Gasteiger partial charge < -0.3 is 15.0 Å². The second-order valence-electron chi connectivity index (χ2n) is 6.28. The van der Waals surface area contributed by atoms with Crippen molar-refractivity contribution in [3.05, 3.63) is 11.7 Å². The lowest BCUT2D eigenvalue weighted by Crippen LogP contribution is -2.39. The van der Waals surface area contributed by atoms with E-state index in [2.05, 4.69) is 22.0 Å². The van der Waals surface area contributed by atoms with Gasteiger partial charge in [-0.2, -0.15) is 4.98 Å². The topological polar surface area (TPSA) is 77.4 Å². The third kappa shape index (κ3) is 3.27. The van der Waals surface area contributed by atoms with Crippen LogP contribution in [0.1, 0.15) is 63.3 Å². The van der Waals surface area contributed by atoms with Gasteiger partial charge >= 0.3 is 0 Å². The molecule has 1 unspecified atom stereocenters. The lowest BCUT2D eigenvalue weighted by atomic mass is 9.91. The summed E-state index contributed by atoms with van der Waals surface area (Å²) in [6.07, 6.45) is 6.54.